The maximum Gasteiger partial charge on any atom is 0.472 e. The third-order valence-corrected chi connectivity index (χ3v) is 9.99. The van der Waals surface area contributed by atoms with Crippen molar-refractivity contribution in [2.24, 2.45) is 0 Å². The number of unbranched alkanes of at least 4 members (excludes halogenated alkanes) is 15. The molecule has 0 heterocycles. The zero-order chi connectivity index (χ0) is 41.4. The molecule has 0 spiro atoms. The lowest BCUT2D eigenvalue weighted by molar-refractivity contribution is -0.870. The molecule has 9 nitrogen and oxygen atoms in total. The van der Waals surface area contributed by atoms with Crippen molar-refractivity contribution in [3.8, 4) is 0 Å². The van der Waals surface area contributed by atoms with Crippen LogP contribution in [0.1, 0.15) is 168 Å². The highest BCUT2D eigenvalue weighted by molar-refractivity contribution is 7.47. The Labute approximate surface area is 343 Å². The zero-order valence-corrected chi connectivity index (χ0v) is 37.2. The summed E-state index contributed by atoms with van der Waals surface area (Å²) in [7, 11) is 1.45. The van der Waals surface area contributed by atoms with Crippen LogP contribution in [0.5, 0.6) is 0 Å². The number of hydrogen-bond donors (Lipinski definition) is 1. The predicted octanol–water partition coefficient (Wildman–Crippen LogP) is 12.5. The van der Waals surface area contributed by atoms with Gasteiger partial charge in [0.2, 0.25) is 0 Å². The van der Waals surface area contributed by atoms with Crippen LogP contribution in [0.3, 0.4) is 0 Å². The summed E-state index contributed by atoms with van der Waals surface area (Å²) in [6.07, 6.45) is 45.5. The first kappa shape index (κ1) is 53.7. The minimum atomic E-state index is -4.38. The predicted molar refractivity (Wildman–Crippen MR) is 233 cm³/mol. The van der Waals surface area contributed by atoms with Gasteiger partial charge in [0.05, 0.1) is 27.7 Å². The minimum absolute atomic E-state index is 0.0238. The number of hydrogen-bond acceptors (Lipinski definition) is 7. The van der Waals surface area contributed by atoms with E-state index in [9.17, 15) is 19.0 Å². The van der Waals surface area contributed by atoms with Gasteiger partial charge < -0.3 is 18.9 Å². The first-order valence-corrected chi connectivity index (χ1v) is 23.5. The lowest BCUT2D eigenvalue weighted by atomic mass is 10.1. The molecular formula is C46H83NO8P+. The van der Waals surface area contributed by atoms with Crippen molar-refractivity contribution < 1.29 is 42.1 Å². The molecule has 2 atom stereocenters. The van der Waals surface area contributed by atoms with E-state index in [1.165, 1.54) is 32.1 Å². The lowest BCUT2D eigenvalue weighted by Gasteiger charge is -2.24. The fraction of sp³-hybridized carbons (Fsp3) is 0.739. The largest absolute Gasteiger partial charge is 0.472 e. The Morgan fingerprint density at radius 2 is 1.00 bits per heavy atom. The van der Waals surface area contributed by atoms with Crippen LogP contribution in [-0.2, 0) is 32.7 Å². The number of nitrogens with zero attached hydrogens (tertiary/aromatic N) is 1. The monoisotopic (exact) mass is 809 g/mol. The molecule has 0 fully saturated rings. The number of carbonyl (C=O) groups excluding carboxylic acids is 2. The molecule has 0 saturated carbocycles. The van der Waals surface area contributed by atoms with Crippen LogP contribution >= 0.6 is 7.82 Å². The molecule has 0 bridgehead atoms. The Morgan fingerprint density at radius 3 is 1.50 bits per heavy atom. The van der Waals surface area contributed by atoms with Crippen molar-refractivity contribution >= 4 is 19.8 Å². The molecule has 324 valence electrons. The van der Waals surface area contributed by atoms with Gasteiger partial charge in [0.15, 0.2) is 6.10 Å². The van der Waals surface area contributed by atoms with Gasteiger partial charge in [0, 0.05) is 12.8 Å². The van der Waals surface area contributed by atoms with E-state index >= 15 is 0 Å². The van der Waals surface area contributed by atoms with Crippen LogP contribution in [0.2, 0.25) is 0 Å². The molecule has 0 saturated heterocycles. The number of likely N-dealkylation sites (N-methyl/N-ethyl adjacent to an activating group) is 1. The normalized spacial score (nSPS) is 14.2. The van der Waals surface area contributed by atoms with Crippen LogP contribution < -0.4 is 0 Å². The molecule has 0 aliphatic carbocycles. The van der Waals surface area contributed by atoms with Gasteiger partial charge in [0.25, 0.3) is 0 Å². The summed E-state index contributed by atoms with van der Waals surface area (Å²) in [5.41, 5.74) is 0. The standard InChI is InChI=1S/C46H82NO8P/c1-6-8-10-12-14-16-18-20-21-22-23-24-25-27-29-31-33-35-37-39-46(49)55-44(43-54-56(50,51)53-41-40-47(3,4)5)42-52-45(48)38-36-34-32-30-28-26-19-17-15-13-11-9-7-2/h11,13-14,16-17,19-21,23-24,44H,6-10,12,15,18,22,25-43H2,1-5H3/p+1/b13-11-,16-14-,19-17-,21-20-,24-23-. The molecule has 0 aromatic heterocycles. The van der Waals surface area contributed by atoms with E-state index in [2.05, 4.69) is 74.6 Å². The van der Waals surface area contributed by atoms with E-state index in [1.807, 2.05) is 21.1 Å². The Bertz CT molecular complexity index is 1140. The van der Waals surface area contributed by atoms with Crippen molar-refractivity contribution in [3.05, 3.63) is 60.8 Å². The van der Waals surface area contributed by atoms with Gasteiger partial charge in [-0.25, -0.2) is 4.57 Å². The van der Waals surface area contributed by atoms with Gasteiger partial charge in [-0.1, -0.05) is 139 Å². The average Bonchev–Trinajstić information content (AvgIpc) is 3.15. The highest BCUT2D eigenvalue weighted by Crippen LogP contribution is 2.43. The number of carbonyl (C=O) groups is 2. The summed E-state index contributed by atoms with van der Waals surface area (Å²) in [6.45, 7) is 4.28. The minimum Gasteiger partial charge on any atom is -0.462 e. The fourth-order valence-electron chi connectivity index (χ4n) is 5.53. The maximum absolute atomic E-state index is 12.7. The van der Waals surface area contributed by atoms with Gasteiger partial charge >= 0.3 is 19.8 Å². The van der Waals surface area contributed by atoms with E-state index in [4.69, 9.17) is 18.5 Å². The van der Waals surface area contributed by atoms with E-state index in [0.717, 1.165) is 103 Å². The van der Waals surface area contributed by atoms with Crippen molar-refractivity contribution in [2.45, 2.75) is 174 Å². The zero-order valence-electron chi connectivity index (χ0n) is 36.3. The summed E-state index contributed by atoms with van der Waals surface area (Å²) in [5.74, 6) is -0.835. The lowest BCUT2D eigenvalue weighted by Crippen LogP contribution is -2.37. The first-order chi connectivity index (χ1) is 27.0. The summed E-state index contributed by atoms with van der Waals surface area (Å²) < 4.78 is 34.3. The molecule has 0 aliphatic heterocycles. The molecule has 56 heavy (non-hydrogen) atoms. The molecule has 1 N–H and O–H groups in total. The second-order valence-electron chi connectivity index (χ2n) is 15.7. The second-order valence-corrected chi connectivity index (χ2v) is 17.2. The Morgan fingerprint density at radius 1 is 0.554 bits per heavy atom. The molecular weight excluding hydrogens is 725 g/mol. The summed E-state index contributed by atoms with van der Waals surface area (Å²) in [5, 5.41) is 0. The summed E-state index contributed by atoms with van der Waals surface area (Å²) >= 11 is 0. The number of ether oxygens (including phenoxy) is 2. The quantitative estimate of drug-likeness (QED) is 0.0215. The van der Waals surface area contributed by atoms with Crippen molar-refractivity contribution in [1.82, 2.24) is 0 Å². The number of phosphoric ester groups is 1. The molecule has 0 aromatic carbocycles. The van der Waals surface area contributed by atoms with Gasteiger partial charge in [-0.05, 0) is 77.0 Å². The number of allylic oxidation sites excluding steroid dienone is 10. The van der Waals surface area contributed by atoms with Gasteiger partial charge in [0.1, 0.15) is 19.8 Å². The van der Waals surface area contributed by atoms with E-state index in [0.29, 0.717) is 17.4 Å². The molecule has 0 aromatic rings. The first-order valence-electron chi connectivity index (χ1n) is 22.0. The SMILES string of the molecule is CCC/C=C\C/C=C\CCCCCCCC(=O)OCC(COP(=O)(O)OCC[N+](C)(C)C)OC(=O)CCCCCCCC/C=C\C/C=C\C/C=C\CCCCC. The Kier molecular flexibility index (Phi) is 36.7. The average molecular weight is 809 g/mol. The Hall–Kier alpha value is -2.29. The van der Waals surface area contributed by atoms with Crippen molar-refractivity contribution in [1.29, 1.82) is 0 Å². The van der Waals surface area contributed by atoms with Gasteiger partial charge in [-0.3, -0.25) is 18.6 Å². The summed E-state index contributed by atoms with van der Waals surface area (Å²) in [4.78, 5) is 35.3. The van der Waals surface area contributed by atoms with Crippen LogP contribution in [0.25, 0.3) is 0 Å². The number of quaternary nitrogens is 1. The molecule has 10 heteroatoms. The van der Waals surface area contributed by atoms with Crippen LogP contribution in [0, 0.1) is 0 Å². The number of esters is 2. The number of phosphoric acid groups is 1. The molecule has 0 amide bonds. The van der Waals surface area contributed by atoms with Gasteiger partial charge in [-0.15, -0.1) is 0 Å². The Balaban J connectivity index is 4.40. The second kappa shape index (κ2) is 38.2. The molecule has 0 radical (unpaired) electrons. The van der Waals surface area contributed by atoms with Crippen molar-refractivity contribution in [2.75, 3.05) is 47.5 Å². The van der Waals surface area contributed by atoms with Crippen LogP contribution in [0.4, 0.5) is 0 Å². The van der Waals surface area contributed by atoms with Crippen LogP contribution in [-0.4, -0.2) is 74.9 Å². The maximum atomic E-state index is 12.7. The van der Waals surface area contributed by atoms with Gasteiger partial charge in [-0.2, -0.15) is 0 Å². The fourth-order valence-corrected chi connectivity index (χ4v) is 6.27. The molecule has 2 unspecified atom stereocenters. The highest BCUT2D eigenvalue weighted by Gasteiger charge is 2.27. The van der Waals surface area contributed by atoms with E-state index in [-0.39, 0.29) is 32.0 Å². The smallest absolute Gasteiger partial charge is 0.462 e. The third-order valence-electron chi connectivity index (χ3n) is 9.00. The highest BCUT2D eigenvalue weighted by atomic mass is 31.2. The molecule has 0 rings (SSSR count). The molecule has 0 aliphatic rings. The van der Waals surface area contributed by atoms with E-state index < -0.39 is 26.5 Å². The third kappa shape index (κ3) is 41.3. The van der Waals surface area contributed by atoms with E-state index in [1.54, 1.807) is 0 Å². The summed E-state index contributed by atoms with van der Waals surface area (Å²) in [6, 6.07) is 0. The van der Waals surface area contributed by atoms with Crippen LogP contribution in [0.15, 0.2) is 60.8 Å². The topological polar surface area (TPSA) is 108 Å². The number of rotatable bonds is 39. The van der Waals surface area contributed by atoms with Crippen molar-refractivity contribution in [3.63, 3.8) is 0 Å².